The first-order chi connectivity index (χ1) is 15.1. The van der Waals surface area contributed by atoms with Crippen LogP contribution in [-0.4, -0.2) is 94.8 Å². The molecule has 0 aromatic heterocycles. The molecule has 0 heterocycles. The van der Waals surface area contributed by atoms with Crippen LogP contribution in [0.2, 0.25) is 0 Å². The molecule has 32 heavy (non-hydrogen) atoms. The largest absolute Gasteiger partial charge is 0.467 e. The van der Waals surface area contributed by atoms with Gasteiger partial charge in [0.2, 0.25) is 11.7 Å². The molecule has 12 heteroatoms. The molecule has 0 aliphatic heterocycles. The Hall–Kier alpha value is -2.90. The molecule has 0 spiro atoms. The van der Waals surface area contributed by atoms with E-state index in [4.69, 9.17) is 10.8 Å². The quantitative estimate of drug-likeness (QED) is 0.163. The van der Waals surface area contributed by atoms with Crippen molar-refractivity contribution < 1.29 is 49.1 Å². The number of hydrogen-bond acceptors (Lipinski definition) is 11. The molecular formula is C20H28N2O10. The lowest BCUT2D eigenvalue weighted by Gasteiger charge is -2.20. The predicted molar refractivity (Wildman–Crippen MR) is 108 cm³/mol. The van der Waals surface area contributed by atoms with Crippen LogP contribution in [0.15, 0.2) is 30.3 Å². The van der Waals surface area contributed by atoms with Gasteiger partial charge in [-0.15, -0.1) is 0 Å². The second-order valence-corrected chi connectivity index (χ2v) is 6.90. The predicted octanol–water partition coefficient (Wildman–Crippen LogP) is -3.21. The van der Waals surface area contributed by atoms with Crippen LogP contribution in [0.4, 0.5) is 0 Å². The lowest BCUT2D eigenvalue weighted by atomic mass is 10.1. The van der Waals surface area contributed by atoms with E-state index in [1.165, 1.54) is 0 Å². The number of rotatable bonds is 13. The first-order valence-electron chi connectivity index (χ1n) is 9.61. The molecule has 0 bridgehead atoms. The smallest absolute Gasteiger partial charge is 0.328 e. The van der Waals surface area contributed by atoms with E-state index in [0.717, 1.165) is 12.7 Å². The number of esters is 2. The number of nitrogens with one attached hydrogen (secondary N) is 1. The molecule has 5 atom stereocenters. The maximum Gasteiger partial charge on any atom is 0.328 e. The molecule has 1 rings (SSSR count). The molecule has 178 valence electrons. The van der Waals surface area contributed by atoms with Crippen molar-refractivity contribution in [3.05, 3.63) is 35.9 Å². The van der Waals surface area contributed by atoms with Crippen molar-refractivity contribution in [2.45, 2.75) is 43.2 Å². The van der Waals surface area contributed by atoms with Crippen molar-refractivity contribution in [3.63, 3.8) is 0 Å². The molecule has 2 unspecified atom stereocenters. The zero-order chi connectivity index (χ0) is 24.3. The van der Waals surface area contributed by atoms with Crippen LogP contribution in [0.5, 0.6) is 0 Å². The van der Waals surface area contributed by atoms with E-state index in [-0.39, 0.29) is 6.42 Å². The Morgan fingerprint density at radius 1 is 1.09 bits per heavy atom. The summed E-state index contributed by atoms with van der Waals surface area (Å²) in [6.45, 7) is -1.85. The first kappa shape index (κ1) is 27.1. The van der Waals surface area contributed by atoms with Crippen LogP contribution in [0.1, 0.15) is 12.0 Å². The number of Topliss-reactive ketones (excluding diaryl/α,β-unsaturated/α-hetero) is 1. The Labute approximate surface area is 183 Å². The second-order valence-electron chi connectivity index (χ2n) is 6.90. The lowest BCUT2D eigenvalue weighted by molar-refractivity contribution is -0.155. The lowest BCUT2D eigenvalue weighted by Crippen LogP contribution is -2.50. The first-order valence-corrected chi connectivity index (χ1v) is 9.61. The molecule has 0 radical (unpaired) electrons. The molecule has 1 amide bonds. The number of nitrogens with two attached hydrogens (primary N) is 1. The number of ketones is 1. The normalized spacial score (nSPS) is 15.6. The molecule has 0 saturated carbocycles. The number of ether oxygens (including phenoxy) is 2. The minimum Gasteiger partial charge on any atom is -0.467 e. The van der Waals surface area contributed by atoms with Gasteiger partial charge in [-0.3, -0.25) is 14.4 Å². The van der Waals surface area contributed by atoms with Gasteiger partial charge < -0.3 is 41.0 Å². The van der Waals surface area contributed by atoms with Gasteiger partial charge in [-0.1, -0.05) is 30.3 Å². The Morgan fingerprint density at radius 2 is 1.72 bits per heavy atom. The van der Waals surface area contributed by atoms with E-state index in [1.54, 1.807) is 30.3 Å². The fourth-order valence-corrected chi connectivity index (χ4v) is 2.54. The molecule has 12 nitrogen and oxygen atoms in total. The summed E-state index contributed by atoms with van der Waals surface area (Å²) in [5.41, 5.74) is 6.43. The van der Waals surface area contributed by atoms with Crippen LogP contribution in [0, 0.1) is 0 Å². The van der Waals surface area contributed by atoms with E-state index < -0.39 is 73.7 Å². The summed E-state index contributed by atoms with van der Waals surface area (Å²) in [6, 6.07) is 6.35. The van der Waals surface area contributed by atoms with Gasteiger partial charge in [-0.25, -0.2) is 4.79 Å². The molecular weight excluding hydrogens is 428 g/mol. The third-order valence-corrected chi connectivity index (χ3v) is 4.42. The highest BCUT2D eigenvalue weighted by atomic mass is 16.5. The van der Waals surface area contributed by atoms with Gasteiger partial charge in [0.05, 0.1) is 26.2 Å². The highest BCUT2D eigenvalue weighted by molar-refractivity contribution is 5.91. The van der Waals surface area contributed by atoms with Gasteiger partial charge in [0, 0.05) is 6.42 Å². The second kappa shape index (κ2) is 13.5. The molecule has 7 N–H and O–H groups in total. The van der Waals surface area contributed by atoms with Crippen LogP contribution < -0.4 is 11.1 Å². The Morgan fingerprint density at radius 3 is 2.28 bits per heavy atom. The van der Waals surface area contributed by atoms with Gasteiger partial charge in [0.1, 0.15) is 24.4 Å². The van der Waals surface area contributed by atoms with Gasteiger partial charge in [-0.05, 0) is 5.56 Å². The number of methoxy groups -OCH3 is 1. The fraction of sp³-hybridized carbons (Fsp3) is 0.500. The van der Waals surface area contributed by atoms with Gasteiger partial charge in [-0.2, -0.15) is 0 Å². The molecule has 0 aliphatic carbocycles. The molecule has 0 saturated heterocycles. The summed E-state index contributed by atoms with van der Waals surface area (Å²) in [6.07, 6.45) is -6.35. The number of aliphatic hydroxyl groups excluding tert-OH is 4. The maximum atomic E-state index is 12.3. The summed E-state index contributed by atoms with van der Waals surface area (Å²) in [5.74, 6) is -3.73. The highest BCUT2D eigenvalue weighted by Gasteiger charge is 2.31. The minimum absolute atomic E-state index is 0.130. The van der Waals surface area contributed by atoms with E-state index in [2.05, 4.69) is 14.8 Å². The SMILES string of the molecule is COC(=O)C(Cc1ccccc1)NC(=O)C(N)CC(=O)OCC(=O)[C@@H](O)[C@H](O)[C@H](O)CO. The number of hydrogen-bond donors (Lipinski definition) is 6. The molecule has 0 fully saturated rings. The van der Waals surface area contributed by atoms with Crippen molar-refractivity contribution in [1.29, 1.82) is 0 Å². The fourth-order valence-electron chi connectivity index (χ4n) is 2.54. The molecule has 0 aliphatic rings. The number of carbonyl (C=O) groups is 4. The Bertz CT molecular complexity index is 773. The van der Waals surface area contributed by atoms with Crippen LogP contribution in [-0.2, 0) is 35.1 Å². The third-order valence-electron chi connectivity index (χ3n) is 4.42. The summed E-state index contributed by atoms with van der Waals surface area (Å²) in [7, 11) is 1.16. The Kier molecular flexibility index (Phi) is 11.4. The van der Waals surface area contributed by atoms with Crippen molar-refractivity contribution in [2.75, 3.05) is 20.3 Å². The van der Waals surface area contributed by atoms with Crippen molar-refractivity contribution in [3.8, 4) is 0 Å². The van der Waals surface area contributed by atoms with Gasteiger partial charge >= 0.3 is 11.9 Å². The van der Waals surface area contributed by atoms with E-state index in [1.807, 2.05) is 0 Å². The third kappa shape index (κ3) is 8.69. The minimum atomic E-state index is -2.10. The number of benzene rings is 1. The van der Waals surface area contributed by atoms with Crippen LogP contribution >= 0.6 is 0 Å². The van der Waals surface area contributed by atoms with Crippen LogP contribution in [0.3, 0.4) is 0 Å². The maximum absolute atomic E-state index is 12.3. The number of amides is 1. The van der Waals surface area contributed by atoms with E-state index in [9.17, 15) is 34.5 Å². The highest BCUT2D eigenvalue weighted by Crippen LogP contribution is 2.06. The van der Waals surface area contributed by atoms with Gasteiger partial charge in [0.25, 0.3) is 0 Å². The zero-order valence-electron chi connectivity index (χ0n) is 17.4. The summed E-state index contributed by atoms with van der Waals surface area (Å²) in [4.78, 5) is 47.8. The topological polar surface area (TPSA) is 206 Å². The number of carbonyl (C=O) groups excluding carboxylic acids is 4. The average Bonchev–Trinajstić information content (AvgIpc) is 2.80. The van der Waals surface area contributed by atoms with E-state index >= 15 is 0 Å². The van der Waals surface area contributed by atoms with Gasteiger partial charge in [0.15, 0.2) is 6.61 Å². The summed E-state index contributed by atoms with van der Waals surface area (Å²) in [5, 5.41) is 39.3. The van der Waals surface area contributed by atoms with Crippen molar-refractivity contribution in [1.82, 2.24) is 5.32 Å². The summed E-state index contributed by atoms with van der Waals surface area (Å²) >= 11 is 0. The van der Waals surface area contributed by atoms with Crippen molar-refractivity contribution in [2.24, 2.45) is 5.73 Å². The summed E-state index contributed by atoms with van der Waals surface area (Å²) < 4.78 is 9.30. The monoisotopic (exact) mass is 456 g/mol. The van der Waals surface area contributed by atoms with Crippen LogP contribution in [0.25, 0.3) is 0 Å². The Balaban J connectivity index is 2.57. The average molecular weight is 456 g/mol. The molecule has 1 aromatic carbocycles. The molecule has 1 aromatic rings. The van der Waals surface area contributed by atoms with Crippen molar-refractivity contribution >= 4 is 23.6 Å². The zero-order valence-corrected chi connectivity index (χ0v) is 17.4. The standard InChI is InChI=1S/C20H28N2O10/c1-31-20(30)13(7-11-5-3-2-4-6-11)22-19(29)12(21)8-16(26)32-10-15(25)18(28)17(27)14(24)9-23/h2-6,12-14,17-18,23-24,27-28H,7-10,21H2,1H3,(H,22,29)/t12?,13?,14-,17-,18-/m1/s1. The number of aliphatic hydroxyl groups is 4. The van der Waals surface area contributed by atoms with E-state index in [0.29, 0.717) is 0 Å².